The first-order chi connectivity index (χ1) is 9.74. The fourth-order valence-corrected chi connectivity index (χ4v) is 3.00. The number of carbonyl (C=O) groups excluding carboxylic acids is 1. The first kappa shape index (κ1) is 15.0. The molecule has 1 heterocycles. The molecule has 1 aromatic carbocycles. The second-order valence-electron chi connectivity index (χ2n) is 4.44. The summed E-state index contributed by atoms with van der Waals surface area (Å²) in [6.45, 7) is 3.32. The Bertz CT molecular complexity index is 462. The average molecular weight is 296 g/mol. The van der Waals surface area contributed by atoms with Gasteiger partial charge in [0.25, 0.3) is 0 Å². The highest BCUT2D eigenvalue weighted by Gasteiger charge is 2.17. The van der Waals surface area contributed by atoms with Gasteiger partial charge in [-0.3, -0.25) is 4.79 Å². The Morgan fingerprint density at radius 3 is 2.70 bits per heavy atom. The summed E-state index contributed by atoms with van der Waals surface area (Å²) < 4.78 is 10.5. The van der Waals surface area contributed by atoms with Crippen molar-refractivity contribution in [1.29, 1.82) is 0 Å². The Labute approximate surface area is 123 Å². The summed E-state index contributed by atoms with van der Waals surface area (Å²) in [6, 6.07) is 5.60. The van der Waals surface area contributed by atoms with Crippen molar-refractivity contribution in [2.75, 3.05) is 46.2 Å². The third-order valence-corrected chi connectivity index (χ3v) is 4.21. The number of thioether (sulfide) groups is 1. The Morgan fingerprint density at radius 2 is 2.05 bits per heavy atom. The molecule has 1 N–H and O–H groups in total. The van der Waals surface area contributed by atoms with Gasteiger partial charge in [0.05, 0.1) is 24.9 Å². The summed E-state index contributed by atoms with van der Waals surface area (Å²) in [5.41, 5.74) is 0. The molecule has 1 aliphatic rings. The quantitative estimate of drug-likeness (QED) is 0.828. The number of nitrogens with one attached hydrogen (secondary N) is 1. The van der Waals surface area contributed by atoms with E-state index in [2.05, 4.69) is 5.32 Å². The number of piperazine rings is 1. The summed E-state index contributed by atoms with van der Waals surface area (Å²) in [7, 11) is 3.26. The van der Waals surface area contributed by atoms with Crippen LogP contribution in [-0.4, -0.2) is 57.0 Å². The third-order valence-electron chi connectivity index (χ3n) is 3.19. The van der Waals surface area contributed by atoms with Gasteiger partial charge in [-0.05, 0) is 18.2 Å². The van der Waals surface area contributed by atoms with Crippen LogP contribution >= 0.6 is 11.8 Å². The lowest BCUT2D eigenvalue weighted by Gasteiger charge is -2.27. The minimum Gasteiger partial charge on any atom is -0.497 e. The zero-order valence-corrected chi connectivity index (χ0v) is 12.7. The van der Waals surface area contributed by atoms with E-state index in [1.54, 1.807) is 14.2 Å². The van der Waals surface area contributed by atoms with Crippen LogP contribution in [0.3, 0.4) is 0 Å². The smallest absolute Gasteiger partial charge is 0.233 e. The monoisotopic (exact) mass is 296 g/mol. The first-order valence-electron chi connectivity index (χ1n) is 6.58. The van der Waals surface area contributed by atoms with Gasteiger partial charge in [0.2, 0.25) is 5.91 Å². The van der Waals surface area contributed by atoms with Crippen molar-refractivity contribution in [3.63, 3.8) is 0 Å². The number of benzene rings is 1. The van der Waals surface area contributed by atoms with Crippen LogP contribution in [0.2, 0.25) is 0 Å². The van der Waals surface area contributed by atoms with Crippen LogP contribution in [0, 0.1) is 0 Å². The maximum Gasteiger partial charge on any atom is 0.233 e. The van der Waals surface area contributed by atoms with Gasteiger partial charge in [-0.15, -0.1) is 11.8 Å². The number of amides is 1. The highest BCUT2D eigenvalue weighted by molar-refractivity contribution is 8.00. The molecule has 0 aliphatic carbocycles. The van der Waals surface area contributed by atoms with Gasteiger partial charge in [0, 0.05) is 26.2 Å². The fourth-order valence-electron chi connectivity index (χ4n) is 2.04. The Morgan fingerprint density at radius 1 is 1.30 bits per heavy atom. The number of nitrogens with zero attached hydrogens (tertiary/aromatic N) is 1. The Balaban J connectivity index is 1.96. The fraction of sp³-hybridized carbons (Fsp3) is 0.500. The van der Waals surface area contributed by atoms with Gasteiger partial charge >= 0.3 is 0 Å². The molecule has 0 radical (unpaired) electrons. The minimum absolute atomic E-state index is 0.168. The van der Waals surface area contributed by atoms with E-state index >= 15 is 0 Å². The van der Waals surface area contributed by atoms with E-state index in [4.69, 9.17) is 9.47 Å². The van der Waals surface area contributed by atoms with E-state index in [1.165, 1.54) is 11.8 Å². The van der Waals surface area contributed by atoms with Crippen LogP contribution in [0.1, 0.15) is 0 Å². The molecule has 0 spiro atoms. The lowest BCUT2D eigenvalue weighted by Crippen LogP contribution is -2.47. The van der Waals surface area contributed by atoms with E-state index in [-0.39, 0.29) is 5.91 Å². The molecule has 6 heteroatoms. The normalized spacial score (nSPS) is 15.0. The standard InChI is InChI=1S/C14H20N2O3S/c1-18-11-3-4-12(19-2)13(9-11)20-10-14(17)16-7-5-15-6-8-16/h3-4,9,15H,5-8,10H2,1-2H3. The number of hydrogen-bond donors (Lipinski definition) is 1. The molecule has 20 heavy (non-hydrogen) atoms. The van der Waals surface area contributed by atoms with Crippen LogP contribution in [0.25, 0.3) is 0 Å². The average Bonchev–Trinajstić information content (AvgIpc) is 2.53. The van der Waals surface area contributed by atoms with Crippen molar-refractivity contribution in [3.05, 3.63) is 18.2 Å². The summed E-state index contributed by atoms with van der Waals surface area (Å²) in [5, 5.41) is 3.24. The Hall–Kier alpha value is -1.40. The van der Waals surface area contributed by atoms with Crippen molar-refractivity contribution in [2.45, 2.75) is 4.90 Å². The van der Waals surface area contributed by atoms with Gasteiger partial charge < -0.3 is 19.7 Å². The predicted octanol–water partition coefficient (Wildman–Crippen LogP) is 1.23. The van der Waals surface area contributed by atoms with Gasteiger partial charge in [-0.2, -0.15) is 0 Å². The van der Waals surface area contributed by atoms with Gasteiger partial charge in [-0.1, -0.05) is 0 Å². The van der Waals surface area contributed by atoms with Crippen molar-refractivity contribution >= 4 is 17.7 Å². The van der Waals surface area contributed by atoms with Gasteiger partial charge in [0.1, 0.15) is 11.5 Å². The molecule has 1 amide bonds. The van der Waals surface area contributed by atoms with E-state index in [1.807, 2.05) is 23.1 Å². The van der Waals surface area contributed by atoms with Crippen LogP contribution in [-0.2, 0) is 4.79 Å². The molecule has 0 bridgehead atoms. The van der Waals surface area contributed by atoms with Crippen molar-refractivity contribution < 1.29 is 14.3 Å². The second kappa shape index (κ2) is 7.40. The maximum atomic E-state index is 12.1. The predicted molar refractivity (Wildman–Crippen MR) is 79.7 cm³/mol. The highest BCUT2D eigenvalue weighted by Crippen LogP contribution is 2.32. The number of carbonyl (C=O) groups is 1. The molecule has 0 saturated carbocycles. The summed E-state index contributed by atoms with van der Waals surface area (Å²) in [4.78, 5) is 15.0. The number of ether oxygens (including phenoxy) is 2. The molecule has 1 saturated heterocycles. The molecule has 2 rings (SSSR count). The summed E-state index contributed by atoms with van der Waals surface area (Å²) in [5.74, 6) is 2.12. The van der Waals surface area contributed by atoms with Crippen LogP contribution in [0.15, 0.2) is 23.1 Å². The summed E-state index contributed by atoms with van der Waals surface area (Å²) >= 11 is 1.49. The lowest BCUT2D eigenvalue weighted by atomic mass is 10.3. The van der Waals surface area contributed by atoms with Gasteiger partial charge in [0.15, 0.2) is 0 Å². The van der Waals surface area contributed by atoms with E-state index in [0.717, 1.165) is 42.6 Å². The van der Waals surface area contributed by atoms with Crippen LogP contribution in [0.5, 0.6) is 11.5 Å². The van der Waals surface area contributed by atoms with E-state index in [9.17, 15) is 4.79 Å². The van der Waals surface area contributed by atoms with Crippen molar-refractivity contribution in [2.24, 2.45) is 0 Å². The molecule has 1 fully saturated rings. The number of hydrogen-bond acceptors (Lipinski definition) is 5. The number of rotatable bonds is 5. The molecular formula is C14H20N2O3S. The maximum absolute atomic E-state index is 12.1. The van der Waals surface area contributed by atoms with E-state index in [0.29, 0.717) is 5.75 Å². The second-order valence-corrected chi connectivity index (χ2v) is 5.45. The molecule has 0 atom stereocenters. The zero-order chi connectivity index (χ0) is 14.4. The van der Waals surface area contributed by atoms with Gasteiger partial charge in [-0.25, -0.2) is 0 Å². The minimum atomic E-state index is 0.168. The third kappa shape index (κ3) is 3.80. The topological polar surface area (TPSA) is 50.8 Å². The largest absolute Gasteiger partial charge is 0.497 e. The molecule has 0 unspecified atom stereocenters. The molecule has 5 nitrogen and oxygen atoms in total. The van der Waals surface area contributed by atoms with Crippen LogP contribution < -0.4 is 14.8 Å². The summed E-state index contributed by atoms with van der Waals surface area (Å²) in [6.07, 6.45) is 0. The molecule has 1 aliphatic heterocycles. The Kier molecular flexibility index (Phi) is 5.55. The number of methoxy groups -OCH3 is 2. The molecule has 110 valence electrons. The molecule has 0 aromatic heterocycles. The lowest BCUT2D eigenvalue weighted by molar-refractivity contribution is -0.128. The molecule has 1 aromatic rings. The van der Waals surface area contributed by atoms with Crippen LogP contribution in [0.4, 0.5) is 0 Å². The van der Waals surface area contributed by atoms with Crippen molar-refractivity contribution in [1.82, 2.24) is 10.2 Å². The van der Waals surface area contributed by atoms with E-state index < -0.39 is 0 Å². The highest BCUT2D eigenvalue weighted by atomic mass is 32.2. The zero-order valence-electron chi connectivity index (χ0n) is 11.8. The SMILES string of the molecule is COc1ccc(OC)c(SCC(=O)N2CCNCC2)c1. The first-order valence-corrected chi connectivity index (χ1v) is 7.56. The molecular weight excluding hydrogens is 276 g/mol. The van der Waals surface area contributed by atoms with Crippen molar-refractivity contribution in [3.8, 4) is 11.5 Å².